The molecule has 0 aromatic heterocycles. The van der Waals surface area contributed by atoms with Gasteiger partial charge in [-0.3, -0.25) is 14.4 Å². The number of aryl methyl sites for hydroxylation is 1. The first-order valence-corrected chi connectivity index (χ1v) is 13.6. The fraction of sp³-hybridized carbons (Fsp3) is 0.581. The molecule has 2 aliphatic carbocycles. The molecule has 0 radical (unpaired) electrons. The minimum absolute atomic E-state index is 0.0743. The number of carbonyl (C=O) groups excluding carboxylic acids is 3. The molecule has 206 valence electrons. The predicted molar refractivity (Wildman–Crippen MR) is 144 cm³/mol. The highest BCUT2D eigenvalue weighted by molar-refractivity contribution is 5.96. The van der Waals surface area contributed by atoms with Crippen LogP contribution in [0.3, 0.4) is 0 Å². The largest absolute Gasteiger partial charge is 0.469 e. The number of aliphatic hydroxyl groups is 1. The summed E-state index contributed by atoms with van der Waals surface area (Å²) in [5.41, 5.74) is 0.490. The van der Waals surface area contributed by atoms with Gasteiger partial charge in [-0.25, -0.2) is 0 Å². The lowest BCUT2D eigenvalue weighted by molar-refractivity contribution is -0.174. The van der Waals surface area contributed by atoms with E-state index in [2.05, 4.69) is 13.8 Å². The van der Waals surface area contributed by atoms with Crippen molar-refractivity contribution in [3.05, 3.63) is 35.9 Å². The summed E-state index contributed by atoms with van der Waals surface area (Å²) in [6.07, 6.45) is 6.29. The molecule has 2 aromatic rings. The number of esters is 3. The molecular weight excluding hydrogens is 484 g/mol. The molecule has 0 bridgehead atoms. The van der Waals surface area contributed by atoms with Gasteiger partial charge in [0.1, 0.15) is 11.5 Å². The van der Waals surface area contributed by atoms with Crippen LogP contribution in [-0.2, 0) is 25.5 Å². The molecule has 5 atom stereocenters. The van der Waals surface area contributed by atoms with Gasteiger partial charge in [-0.1, -0.05) is 25.5 Å². The summed E-state index contributed by atoms with van der Waals surface area (Å²) in [6, 6.07) is 9.20. The van der Waals surface area contributed by atoms with Gasteiger partial charge in [0, 0.05) is 31.2 Å². The van der Waals surface area contributed by atoms with Crippen molar-refractivity contribution < 1.29 is 33.7 Å². The smallest absolute Gasteiger partial charge is 0.311 e. The third-order valence-corrected chi connectivity index (χ3v) is 9.36. The molecule has 1 N–H and O–H groups in total. The quantitative estimate of drug-likeness (QED) is 0.370. The van der Waals surface area contributed by atoms with Crippen LogP contribution < -0.4 is 9.47 Å². The Morgan fingerprint density at radius 3 is 2.21 bits per heavy atom. The Labute approximate surface area is 224 Å². The number of aliphatic hydroxyl groups excluding tert-OH is 1. The first-order chi connectivity index (χ1) is 18.0. The van der Waals surface area contributed by atoms with Crippen LogP contribution in [0.5, 0.6) is 11.5 Å². The van der Waals surface area contributed by atoms with E-state index in [1.807, 2.05) is 18.2 Å². The number of benzene rings is 2. The fourth-order valence-corrected chi connectivity index (χ4v) is 7.69. The van der Waals surface area contributed by atoms with Crippen molar-refractivity contribution in [1.82, 2.24) is 0 Å². The topological polar surface area (TPSA) is 99.1 Å². The highest BCUT2D eigenvalue weighted by Gasteiger charge is 2.58. The third-order valence-electron chi connectivity index (χ3n) is 9.36. The Morgan fingerprint density at radius 2 is 1.61 bits per heavy atom. The second-order valence-corrected chi connectivity index (χ2v) is 11.6. The SMILES string of the molecule is COC(=O)[C@@]1(C)CCC[C@@]2(C)C1CC[C@H](CO)[C@@H]2CCc1ccc2c(OC(C)=O)ccc(OC(C)=O)c2c1. The summed E-state index contributed by atoms with van der Waals surface area (Å²) >= 11 is 0. The lowest BCUT2D eigenvalue weighted by atomic mass is 9.45. The zero-order chi connectivity index (χ0) is 27.7. The summed E-state index contributed by atoms with van der Waals surface area (Å²) in [5.74, 6) is 0.530. The molecule has 0 amide bonds. The third kappa shape index (κ3) is 5.18. The van der Waals surface area contributed by atoms with Crippen LogP contribution in [0.25, 0.3) is 10.8 Å². The number of ether oxygens (including phenoxy) is 3. The van der Waals surface area contributed by atoms with E-state index in [9.17, 15) is 19.5 Å². The zero-order valence-corrected chi connectivity index (χ0v) is 23.2. The Morgan fingerprint density at radius 1 is 0.947 bits per heavy atom. The second-order valence-electron chi connectivity index (χ2n) is 11.6. The number of hydrogen-bond acceptors (Lipinski definition) is 7. The predicted octanol–water partition coefficient (Wildman–Crippen LogP) is 5.63. The minimum atomic E-state index is -0.505. The normalized spacial score (nSPS) is 28.8. The first kappa shape index (κ1) is 28.1. The standard InChI is InChI=1S/C31H40O7/c1-19(33)37-26-12-13-27(38-20(2)34)24-17-21(7-10-23(24)26)8-11-25-22(18-32)9-14-28-30(25,3)15-6-16-31(28,4)29(35)36-5/h7,10,12-13,17,22,25,28,32H,6,8-9,11,14-16,18H2,1-5H3/t22-,25+,28?,30-,31+/m1/s1. The second kappa shape index (κ2) is 11.0. The molecule has 38 heavy (non-hydrogen) atoms. The van der Waals surface area contributed by atoms with Crippen LogP contribution in [0.15, 0.2) is 30.3 Å². The summed E-state index contributed by atoms with van der Waals surface area (Å²) in [7, 11) is 1.48. The van der Waals surface area contributed by atoms with Gasteiger partial charge in [-0.2, -0.15) is 0 Å². The average Bonchev–Trinajstić information content (AvgIpc) is 2.87. The molecule has 2 aliphatic rings. The summed E-state index contributed by atoms with van der Waals surface area (Å²) < 4.78 is 16.1. The molecular formula is C31H40O7. The van der Waals surface area contributed by atoms with Gasteiger partial charge in [0.2, 0.25) is 0 Å². The van der Waals surface area contributed by atoms with Crippen LogP contribution in [0.1, 0.15) is 71.8 Å². The van der Waals surface area contributed by atoms with Gasteiger partial charge in [0.15, 0.2) is 0 Å². The molecule has 0 spiro atoms. The van der Waals surface area contributed by atoms with E-state index in [4.69, 9.17) is 14.2 Å². The Kier molecular flexibility index (Phi) is 8.17. The summed E-state index contributed by atoms with van der Waals surface area (Å²) in [4.78, 5) is 36.3. The number of hydrogen-bond donors (Lipinski definition) is 1. The van der Waals surface area contributed by atoms with E-state index in [0.29, 0.717) is 22.3 Å². The maximum atomic E-state index is 12.9. The van der Waals surface area contributed by atoms with Gasteiger partial charge in [0.25, 0.3) is 0 Å². The zero-order valence-electron chi connectivity index (χ0n) is 23.2. The minimum Gasteiger partial charge on any atom is -0.469 e. The van der Waals surface area contributed by atoms with E-state index in [1.54, 1.807) is 12.1 Å². The molecule has 7 heteroatoms. The highest BCUT2D eigenvalue weighted by atomic mass is 16.5. The van der Waals surface area contributed by atoms with Crippen LogP contribution in [0.2, 0.25) is 0 Å². The van der Waals surface area contributed by atoms with Gasteiger partial charge < -0.3 is 19.3 Å². The van der Waals surface area contributed by atoms with Crippen molar-refractivity contribution in [3.63, 3.8) is 0 Å². The van der Waals surface area contributed by atoms with E-state index in [-0.39, 0.29) is 35.7 Å². The Hall–Kier alpha value is -2.93. The molecule has 2 aromatic carbocycles. The maximum absolute atomic E-state index is 12.9. The van der Waals surface area contributed by atoms with Crippen LogP contribution >= 0.6 is 0 Å². The van der Waals surface area contributed by atoms with Crippen molar-refractivity contribution in [2.24, 2.45) is 28.6 Å². The van der Waals surface area contributed by atoms with Gasteiger partial charge in [0.05, 0.1) is 12.5 Å². The number of rotatable bonds is 7. The molecule has 0 heterocycles. The van der Waals surface area contributed by atoms with E-state index >= 15 is 0 Å². The molecule has 2 fully saturated rings. The molecule has 1 unspecified atom stereocenters. The average molecular weight is 525 g/mol. The van der Waals surface area contributed by atoms with Crippen molar-refractivity contribution in [3.8, 4) is 11.5 Å². The van der Waals surface area contributed by atoms with Crippen LogP contribution in [0, 0.1) is 28.6 Å². The van der Waals surface area contributed by atoms with Gasteiger partial charge in [-0.15, -0.1) is 0 Å². The molecule has 7 nitrogen and oxygen atoms in total. The van der Waals surface area contributed by atoms with Crippen LogP contribution in [-0.4, -0.2) is 36.7 Å². The molecule has 2 saturated carbocycles. The van der Waals surface area contributed by atoms with E-state index in [1.165, 1.54) is 21.0 Å². The van der Waals surface area contributed by atoms with Gasteiger partial charge in [-0.05, 0) is 92.4 Å². The van der Waals surface area contributed by atoms with Crippen molar-refractivity contribution in [2.45, 2.75) is 72.6 Å². The summed E-state index contributed by atoms with van der Waals surface area (Å²) in [5, 5.41) is 11.7. The van der Waals surface area contributed by atoms with Gasteiger partial charge >= 0.3 is 17.9 Å². The van der Waals surface area contributed by atoms with Crippen molar-refractivity contribution in [2.75, 3.05) is 13.7 Å². The lowest BCUT2D eigenvalue weighted by Gasteiger charge is -2.59. The first-order valence-electron chi connectivity index (χ1n) is 13.6. The van der Waals surface area contributed by atoms with Crippen LogP contribution in [0.4, 0.5) is 0 Å². The highest BCUT2D eigenvalue weighted by Crippen LogP contribution is 2.62. The lowest BCUT2D eigenvalue weighted by Crippen LogP contribution is -2.55. The number of fused-ring (bicyclic) bond motifs is 2. The molecule has 0 aliphatic heterocycles. The molecule has 4 rings (SSSR count). The Balaban J connectivity index is 1.65. The van der Waals surface area contributed by atoms with Crippen molar-refractivity contribution >= 4 is 28.7 Å². The monoisotopic (exact) mass is 524 g/mol. The van der Waals surface area contributed by atoms with E-state index in [0.717, 1.165) is 50.5 Å². The Bertz CT molecular complexity index is 1220. The number of carbonyl (C=O) groups is 3. The van der Waals surface area contributed by atoms with Crippen molar-refractivity contribution in [1.29, 1.82) is 0 Å². The fourth-order valence-electron chi connectivity index (χ4n) is 7.69. The maximum Gasteiger partial charge on any atom is 0.311 e. The summed E-state index contributed by atoms with van der Waals surface area (Å²) in [6.45, 7) is 7.23. The number of methoxy groups -OCH3 is 1. The van der Waals surface area contributed by atoms with E-state index < -0.39 is 17.4 Å². The molecule has 0 saturated heterocycles.